The van der Waals surface area contributed by atoms with Crippen LogP contribution in [-0.2, 0) is 34.8 Å². The zero-order chi connectivity index (χ0) is 33.8. The van der Waals surface area contributed by atoms with Crippen LogP contribution in [0.3, 0.4) is 0 Å². The van der Waals surface area contributed by atoms with Gasteiger partial charge in [0, 0.05) is 30.4 Å². The number of carboxylic acids is 1. The largest absolute Gasteiger partial charge is 0.496 e. The Morgan fingerprint density at radius 1 is 1.04 bits per heavy atom. The molecule has 3 unspecified atom stereocenters. The van der Waals surface area contributed by atoms with E-state index in [0.29, 0.717) is 66.6 Å². The molecule has 1 aromatic heterocycles. The summed E-state index contributed by atoms with van der Waals surface area (Å²) in [6.07, 6.45) is -8.73. The lowest BCUT2D eigenvalue weighted by Gasteiger charge is -2.31. The van der Waals surface area contributed by atoms with Gasteiger partial charge in [0.2, 0.25) is 5.95 Å². The Labute approximate surface area is 265 Å². The van der Waals surface area contributed by atoms with Crippen LogP contribution in [-0.4, -0.2) is 58.3 Å². The number of cyclic esters (lactones) is 1. The number of hydrogen-bond acceptors (Lipinski definition) is 7. The maximum atomic E-state index is 13.6. The number of fused-ring (bicyclic) bond motifs is 1. The summed E-state index contributed by atoms with van der Waals surface area (Å²) in [5, 5.41) is 9.45. The van der Waals surface area contributed by atoms with Crippen LogP contribution in [0.5, 0.6) is 5.75 Å². The first kappa shape index (κ1) is 32.4. The van der Waals surface area contributed by atoms with E-state index >= 15 is 0 Å². The molecule has 0 bridgehead atoms. The van der Waals surface area contributed by atoms with Crippen LogP contribution < -0.4 is 9.64 Å². The van der Waals surface area contributed by atoms with Crippen molar-refractivity contribution >= 4 is 18.0 Å². The number of carbonyl (C=O) groups excluding carboxylic acids is 1. The molecule has 0 radical (unpaired) electrons. The zero-order valence-corrected chi connectivity index (χ0v) is 25.3. The standard InChI is InChI=1S/C32H30F6N4O5/c1-16-28(19-8-20(31(33,34)35)12-21(9-19)32(36,37)38)47-30(45)42(16)15-25-24(14-39-29(40-25)41-6-3-7-41)23-13-22-17(10-26(23)46-2)4-5-18(22)11-27(43)44/h8-10,12-14,16,18,28H,3-7,11,15H2,1-2H3,(H,43,44). The Morgan fingerprint density at radius 3 is 2.30 bits per heavy atom. The molecule has 9 nitrogen and oxygen atoms in total. The lowest BCUT2D eigenvalue weighted by Crippen LogP contribution is -2.39. The van der Waals surface area contributed by atoms with Gasteiger partial charge in [-0.1, -0.05) is 0 Å². The summed E-state index contributed by atoms with van der Waals surface area (Å²) in [5.41, 5.74) is -0.287. The average Bonchev–Trinajstić information content (AvgIpc) is 3.49. The molecule has 1 amide bonds. The minimum Gasteiger partial charge on any atom is -0.496 e. The van der Waals surface area contributed by atoms with Crippen LogP contribution in [0.2, 0.25) is 0 Å². The molecule has 3 aliphatic rings. The molecule has 15 heteroatoms. The first-order chi connectivity index (χ1) is 22.1. The van der Waals surface area contributed by atoms with E-state index in [1.807, 2.05) is 17.0 Å². The van der Waals surface area contributed by atoms with Gasteiger partial charge >= 0.3 is 24.4 Å². The highest BCUT2D eigenvalue weighted by atomic mass is 19.4. The summed E-state index contributed by atoms with van der Waals surface area (Å²) in [4.78, 5) is 37.2. The molecule has 1 aliphatic carbocycles. The lowest BCUT2D eigenvalue weighted by molar-refractivity contribution is -0.143. The number of rotatable bonds is 8. The molecule has 6 rings (SSSR count). The second-order valence-corrected chi connectivity index (χ2v) is 12.0. The molecule has 0 spiro atoms. The van der Waals surface area contributed by atoms with Crippen LogP contribution in [0, 0.1) is 0 Å². The minimum atomic E-state index is -5.07. The number of nitrogens with zero attached hydrogens (tertiary/aromatic N) is 4. The number of anilines is 1. The summed E-state index contributed by atoms with van der Waals surface area (Å²) in [5.74, 6) is -0.286. The van der Waals surface area contributed by atoms with Gasteiger partial charge in [-0.3, -0.25) is 9.69 Å². The fourth-order valence-electron chi connectivity index (χ4n) is 6.41. The Balaban J connectivity index is 1.39. The van der Waals surface area contributed by atoms with Gasteiger partial charge in [-0.15, -0.1) is 0 Å². The van der Waals surface area contributed by atoms with E-state index in [1.165, 1.54) is 18.9 Å². The maximum absolute atomic E-state index is 13.6. The zero-order valence-electron chi connectivity index (χ0n) is 25.3. The van der Waals surface area contributed by atoms with Gasteiger partial charge in [0.05, 0.1) is 42.9 Å². The lowest BCUT2D eigenvalue weighted by atomic mass is 9.93. The topological polar surface area (TPSA) is 105 Å². The molecule has 47 heavy (non-hydrogen) atoms. The normalized spacial score (nSPS) is 21.0. The summed E-state index contributed by atoms with van der Waals surface area (Å²) in [7, 11) is 1.48. The van der Waals surface area contributed by atoms with E-state index in [4.69, 9.17) is 14.5 Å². The Bertz CT molecular complexity index is 1690. The summed E-state index contributed by atoms with van der Waals surface area (Å²) in [6, 6.07) is 3.86. The number of methoxy groups -OCH3 is 1. The van der Waals surface area contributed by atoms with Crippen molar-refractivity contribution in [2.24, 2.45) is 0 Å². The first-order valence-corrected chi connectivity index (χ1v) is 14.9. The minimum absolute atomic E-state index is 0.0260. The highest BCUT2D eigenvalue weighted by Crippen LogP contribution is 2.45. The molecule has 3 atom stereocenters. The predicted molar refractivity (Wildman–Crippen MR) is 155 cm³/mol. The van der Waals surface area contributed by atoms with Gasteiger partial charge in [0.25, 0.3) is 0 Å². The van der Waals surface area contributed by atoms with Crippen LogP contribution in [0.25, 0.3) is 11.1 Å². The SMILES string of the molecule is COc1cc2c(cc1-c1cnc(N3CCC3)nc1CN1C(=O)OC(c3cc(C(F)(F)F)cc(C(F)(F)F)c3)C1C)C(CC(=O)O)CC2. The van der Waals surface area contributed by atoms with Gasteiger partial charge in [0.1, 0.15) is 11.9 Å². The molecular formula is C32H30F6N4O5. The second kappa shape index (κ2) is 11.9. The highest BCUT2D eigenvalue weighted by Gasteiger charge is 2.44. The third-order valence-electron chi connectivity index (χ3n) is 9.02. The molecule has 1 N–H and O–H groups in total. The summed E-state index contributed by atoms with van der Waals surface area (Å²) >= 11 is 0. The van der Waals surface area contributed by atoms with Gasteiger partial charge in [-0.25, -0.2) is 14.8 Å². The second-order valence-electron chi connectivity index (χ2n) is 12.0. The average molecular weight is 665 g/mol. The number of alkyl halides is 6. The van der Waals surface area contributed by atoms with E-state index in [2.05, 4.69) is 4.98 Å². The molecule has 2 saturated heterocycles. The van der Waals surface area contributed by atoms with Crippen LogP contribution in [0.1, 0.15) is 71.7 Å². The fourth-order valence-corrected chi connectivity index (χ4v) is 6.41. The molecular weight excluding hydrogens is 634 g/mol. The molecule has 2 fully saturated rings. The van der Waals surface area contributed by atoms with E-state index in [1.54, 1.807) is 6.20 Å². The highest BCUT2D eigenvalue weighted by molar-refractivity contribution is 5.77. The number of halogens is 6. The molecule has 3 heterocycles. The predicted octanol–water partition coefficient (Wildman–Crippen LogP) is 6.99. The third-order valence-corrected chi connectivity index (χ3v) is 9.02. The van der Waals surface area contributed by atoms with Gasteiger partial charge in [-0.05, 0) is 79.1 Å². The molecule has 2 aromatic carbocycles. The third kappa shape index (κ3) is 6.26. The summed E-state index contributed by atoms with van der Waals surface area (Å²) in [6.45, 7) is 2.68. The Kier molecular flexibility index (Phi) is 8.20. The Hall–Kier alpha value is -4.56. The van der Waals surface area contributed by atoms with Crippen molar-refractivity contribution < 1.29 is 50.5 Å². The van der Waals surface area contributed by atoms with Crippen LogP contribution in [0.4, 0.5) is 37.1 Å². The van der Waals surface area contributed by atoms with E-state index in [9.17, 15) is 41.0 Å². The van der Waals surface area contributed by atoms with E-state index in [0.717, 1.165) is 17.5 Å². The number of amides is 1. The van der Waals surface area contributed by atoms with Crippen LogP contribution >= 0.6 is 0 Å². The number of carbonyl (C=O) groups is 2. The van der Waals surface area contributed by atoms with Crippen molar-refractivity contribution in [1.82, 2.24) is 14.9 Å². The van der Waals surface area contributed by atoms with Gasteiger partial charge < -0.3 is 19.5 Å². The number of aliphatic carboxylic acids is 1. The van der Waals surface area contributed by atoms with Crippen molar-refractivity contribution in [3.8, 4) is 16.9 Å². The molecule has 0 saturated carbocycles. The smallest absolute Gasteiger partial charge is 0.416 e. The van der Waals surface area contributed by atoms with Crippen molar-refractivity contribution in [1.29, 1.82) is 0 Å². The van der Waals surface area contributed by atoms with Crippen LogP contribution in [0.15, 0.2) is 36.5 Å². The number of ether oxygens (including phenoxy) is 2. The van der Waals surface area contributed by atoms with Gasteiger partial charge in [-0.2, -0.15) is 26.3 Å². The van der Waals surface area contributed by atoms with Crippen molar-refractivity contribution in [2.45, 2.75) is 69.6 Å². The van der Waals surface area contributed by atoms with Crippen molar-refractivity contribution in [3.63, 3.8) is 0 Å². The molecule has 2 aliphatic heterocycles. The van der Waals surface area contributed by atoms with Crippen molar-refractivity contribution in [2.75, 3.05) is 25.1 Å². The van der Waals surface area contributed by atoms with Crippen molar-refractivity contribution in [3.05, 3.63) is 70.0 Å². The monoisotopic (exact) mass is 664 g/mol. The number of carboxylic acid groups (broad SMARTS) is 1. The summed E-state index contributed by atoms with van der Waals surface area (Å²) < 4.78 is 92.7. The fraction of sp³-hybridized carbons (Fsp3) is 0.438. The number of aromatic nitrogens is 2. The van der Waals surface area contributed by atoms with Gasteiger partial charge in [0.15, 0.2) is 0 Å². The number of hydrogen-bond donors (Lipinski definition) is 1. The van der Waals surface area contributed by atoms with E-state index in [-0.39, 0.29) is 24.9 Å². The Morgan fingerprint density at radius 2 is 1.72 bits per heavy atom. The number of benzene rings is 2. The first-order valence-electron chi connectivity index (χ1n) is 14.9. The van der Waals surface area contributed by atoms with E-state index < -0.39 is 53.3 Å². The molecule has 3 aromatic rings. The number of aryl methyl sites for hydroxylation is 1. The quantitative estimate of drug-likeness (QED) is 0.257. The molecule has 250 valence electrons. The maximum Gasteiger partial charge on any atom is 0.416 e.